The Kier molecular flexibility index (Phi) is 2.36. The Morgan fingerprint density at radius 1 is 0.556 bits per heavy atom. The van der Waals surface area contributed by atoms with Crippen LogP contribution in [0.2, 0.25) is 0 Å². The van der Waals surface area contributed by atoms with Crippen LogP contribution in [0.4, 0.5) is 0 Å². The lowest BCUT2D eigenvalue weighted by atomic mass is 9.84. The first-order chi connectivity index (χ1) is 13.3. The second-order valence-electron chi connectivity index (χ2n) is 7.55. The van der Waals surface area contributed by atoms with Gasteiger partial charge in [0.1, 0.15) is 6.61 Å². The van der Waals surface area contributed by atoms with Gasteiger partial charge < -0.3 is 9.47 Å². The van der Waals surface area contributed by atoms with E-state index in [0.717, 1.165) is 10.9 Å². The molecule has 0 saturated carbocycles. The maximum Gasteiger partial charge on any atom is 0.339 e. The van der Waals surface area contributed by atoms with Gasteiger partial charge in [0.05, 0.1) is 18.8 Å². The van der Waals surface area contributed by atoms with E-state index in [1.807, 2.05) is 6.07 Å². The van der Waals surface area contributed by atoms with Crippen molar-refractivity contribution in [2.75, 3.05) is 0 Å². The molecule has 0 amide bonds. The molecular formula is C24H14O3. The fraction of sp³-hybridized carbons (Fsp3) is 0.125. The quantitative estimate of drug-likeness (QED) is 0.212. The Morgan fingerprint density at radius 3 is 1.70 bits per heavy atom. The average Bonchev–Trinajstić information content (AvgIpc) is 2.72. The molecule has 3 nitrogen and oxygen atoms in total. The largest absolute Gasteiger partial charge is 0.457 e. The van der Waals surface area contributed by atoms with Crippen molar-refractivity contribution in [2.24, 2.45) is 0 Å². The Labute approximate surface area is 154 Å². The molecule has 0 radical (unpaired) electrons. The molecule has 5 aromatic carbocycles. The van der Waals surface area contributed by atoms with Gasteiger partial charge in [-0.25, -0.2) is 4.79 Å². The number of benzene rings is 5. The minimum atomic E-state index is -0.223. The summed E-state index contributed by atoms with van der Waals surface area (Å²) in [5.74, 6) is -0.223. The van der Waals surface area contributed by atoms with Crippen molar-refractivity contribution in [1.29, 1.82) is 0 Å². The Bertz CT molecular complexity index is 1400. The molecule has 128 valence electrons. The Hall–Kier alpha value is -3.17. The van der Waals surface area contributed by atoms with Gasteiger partial charge in [0.15, 0.2) is 0 Å². The van der Waals surface area contributed by atoms with E-state index in [1.54, 1.807) is 0 Å². The van der Waals surface area contributed by atoms with Gasteiger partial charge >= 0.3 is 5.97 Å². The predicted molar refractivity (Wildman–Crippen MR) is 105 cm³/mol. The lowest BCUT2D eigenvalue weighted by Crippen LogP contribution is -2.13. The van der Waals surface area contributed by atoms with Gasteiger partial charge in [-0.2, -0.15) is 0 Å². The highest BCUT2D eigenvalue weighted by Crippen LogP contribution is 2.45. The number of hydrogen-bond donors (Lipinski definition) is 0. The molecule has 27 heavy (non-hydrogen) atoms. The van der Waals surface area contributed by atoms with Gasteiger partial charge in [-0.3, -0.25) is 0 Å². The fourth-order valence-electron chi connectivity index (χ4n) is 5.13. The number of esters is 1. The first-order valence-electron chi connectivity index (χ1n) is 9.23. The standard InChI is InChI=1S/C24H14O3/c25-24-19-8-7-18-16-5-2-13-10-26-9-12-1-4-15(22(16)20(12)13)17-6-3-14(11-27-24)21(19)23(17)18/h1-8H,9-11H2. The molecule has 0 fully saturated rings. The zero-order chi connectivity index (χ0) is 17.7. The van der Waals surface area contributed by atoms with E-state index in [1.165, 1.54) is 48.8 Å². The first-order valence-corrected chi connectivity index (χ1v) is 9.23. The maximum absolute atomic E-state index is 12.3. The van der Waals surface area contributed by atoms with Crippen molar-refractivity contribution in [2.45, 2.75) is 19.8 Å². The number of cyclic esters (lactones) is 1. The van der Waals surface area contributed by atoms with Gasteiger partial charge in [0.25, 0.3) is 0 Å². The third-order valence-corrected chi connectivity index (χ3v) is 6.25. The number of ether oxygens (including phenoxy) is 2. The van der Waals surface area contributed by atoms with E-state index in [9.17, 15) is 4.79 Å². The van der Waals surface area contributed by atoms with Crippen molar-refractivity contribution >= 4 is 49.1 Å². The molecule has 2 heterocycles. The zero-order valence-electron chi connectivity index (χ0n) is 14.5. The summed E-state index contributed by atoms with van der Waals surface area (Å²) in [5, 5.41) is 9.83. The van der Waals surface area contributed by atoms with E-state index in [0.29, 0.717) is 25.4 Å². The van der Waals surface area contributed by atoms with Crippen molar-refractivity contribution < 1.29 is 14.3 Å². The third-order valence-electron chi connectivity index (χ3n) is 6.25. The molecule has 5 aromatic rings. The Balaban J connectivity index is 1.83. The van der Waals surface area contributed by atoms with Crippen LogP contribution >= 0.6 is 0 Å². The molecule has 2 aliphatic heterocycles. The summed E-state index contributed by atoms with van der Waals surface area (Å²) in [4.78, 5) is 12.3. The van der Waals surface area contributed by atoms with Crippen molar-refractivity contribution in [3.8, 4) is 0 Å². The summed E-state index contributed by atoms with van der Waals surface area (Å²) >= 11 is 0. The van der Waals surface area contributed by atoms with Crippen LogP contribution in [0, 0.1) is 0 Å². The third kappa shape index (κ3) is 1.55. The van der Waals surface area contributed by atoms with Crippen molar-refractivity contribution in [1.82, 2.24) is 0 Å². The topological polar surface area (TPSA) is 35.5 Å². The monoisotopic (exact) mass is 350 g/mol. The lowest BCUT2D eigenvalue weighted by molar-refractivity contribution is 0.0463. The van der Waals surface area contributed by atoms with Crippen molar-refractivity contribution in [3.05, 3.63) is 70.8 Å². The molecular weight excluding hydrogens is 336 g/mol. The summed E-state index contributed by atoms with van der Waals surface area (Å²) < 4.78 is 11.1. The van der Waals surface area contributed by atoms with Gasteiger partial charge in [-0.1, -0.05) is 42.5 Å². The maximum atomic E-state index is 12.3. The number of rotatable bonds is 0. The smallest absolute Gasteiger partial charge is 0.339 e. The molecule has 7 rings (SSSR count). The molecule has 0 unspecified atom stereocenters. The normalized spacial score (nSPS) is 15.9. The van der Waals surface area contributed by atoms with Gasteiger partial charge in [-0.15, -0.1) is 0 Å². The number of fused-ring (bicyclic) bond motifs is 2. The molecule has 0 aromatic heterocycles. The first kappa shape index (κ1) is 14.0. The van der Waals surface area contributed by atoms with E-state index in [2.05, 4.69) is 42.5 Å². The summed E-state index contributed by atoms with van der Waals surface area (Å²) in [6.07, 6.45) is 0. The summed E-state index contributed by atoms with van der Waals surface area (Å²) in [7, 11) is 0. The average molecular weight is 350 g/mol. The second-order valence-corrected chi connectivity index (χ2v) is 7.55. The highest BCUT2D eigenvalue weighted by atomic mass is 16.5. The minimum absolute atomic E-state index is 0.223. The molecule has 0 N–H and O–H groups in total. The second kappa shape index (κ2) is 4.56. The van der Waals surface area contributed by atoms with Crippen LogP contribution in [-0.4, -0.2) is 5.97 Å². The fourth-order valence-corrected chi connectivity index (χ4v) is 5.13. The SMILES string of the molecule is O=C1OCc2ccc3c4ccc5c6c(ccc(c7ccc1c2c37)c64)COC5. The van der Waals surface area contributed by atoms with Crippen LogP contribution in [0.5, 0.6) is 0 Å². The van der Waals surface area contributed by atoms with E-state index >= 15 is 0 Å². The van der Waals surface area contributed by atoms with E-state index in [-0.39, 0.29) is 5.97 Å². The van der Waals surface area contributed by atoms with Crippen LogP contribution in [-0.2, 0) is 29.3 Å². The Morgan fingerprint density at radius 2 is 1.07 bits per heavy atom. The molecule has 0 saturated heterocycles. The summed E-state index contributed by atoms with van der Waals surface area (Å²) in [5.41, 5.74) is 4.29. The molecule has 3 heteroatoms. The van der Waals surface area contributed by atoms with Crippen LogP contribution in [0.1, 0.15) is 27.0 Å². The number of carbonyl (C=O) groups is 1. The van der Waals surface area contributed by atoms with Gasteiger partial charge in [0, 0.05) is 5.39 Å². The van der Waals surface area contributed by atoms with Crippen LogP contribution < -0.4 is 0 Å². The molecule has 0 bridgehead atoms. The zero-order valence-corrected chi connectivity index (χ0v) is 14.5. The van der Waals surface area contributed by atoms with E-state index in [4.69, 9.17) is 9.47 Å². The van der Waals surface area contributed by atoms with Crippen molar-refractivity contribution in [3.63, 3.8) is 0 Å². The summed E-state index contributed by atoms with van der Waals surface area (Å²) in [6, 6.07) is 17.1. The van der Waals surface area contributed by atoms with Gasteiger partial charge in [-0.05, 0) is 60.5 Å². The van der Waals surface area contributed by atoms with Gasteiger partial charge in [0.2, 0.25) is 0 Å². The summed E-state index contributed by atoms with van der Waals surface area (Å²) in [6.45, 7) is 1.68. The lowest BCUT2D eigenvalue weighted by Gasteiger charge is -2.24. The highest BCUT2D eigenvalue weighted by Gasteiger charge is 2.25. The van der Waals surface area contributed by atoms with Crippen LogP contribution in [0.25, 0.3) is 43.1 Å². The van der Waals surface area contributed by atoms with E-state index < -0.39 is 0 Å². The molecule has 0 spiro atoms. The van der Waals surface area contributed by atoms with Crippen LogP contribution in [0.3, 0.4) is 0 Å². The number of carbonyl (C=O) groups excluding carboxylic acids is 1. The molecule has 0 aliphatic carbocycles. The predicted octanol–water partition coefficient (Wildman–Crippen LogP) is 5.44. The molecule has 0 atom stereocenters. The van der Waals surface area contributed by atoms with Crippen LogP contribution in [0.15, 0.2) is 48.5 Å². The minimum Gasteiger partial charge on any atom is -0.457 e. The highest BCUT2D eigenvalue weighted by molar-refractivity contribution is 6.35. The molecule has 2 aliphatic rings. The number of hydrogen-bond acceptors (Lipinski definition) is 3.